The Kier molecular flexibility index (Phi) is 8.45. The lowest BCUT2D eigenvalue weighted by Gasteiger charge is -2.29. The van der Waals surface area contributed by atoms with Crippen molar-refractivity contribution in [2.45, 2.75) is 44.7 Å². The molecule has 1 unspecified atom stereocenters. The first-order valence-corrected chi connectivity index (χ1v) is 14.4. The molecule has 1 atom stereocenters. The Morgan fingerprint density at radius 2 is 2.02 bits per heavy atom. The molecule has 0 saturated carbocycles. The van der Waals surface area contributed by atoms with E-state index in [0.717, 1.165) is 33.3 Å². The molecule has 3 aromatic rings. The largest absolute Gasteiger partial charge is 0.346 e. The summed E-state index contributed by atoms with van der Waals surface area (Å²) in [5.74, 6) is 5.28. The van der Waals surface area contributed by atoms with Gasteiger partial charge in [0.05, 0.1) is 0 Å². The van der Waals surface area contributed by atoms with E-state index in [1.807, 2.05) is 35.7 Å². The summed E-state index contributed by atoms with van der Waals surface area (Å²) in [6, 6.07) is 12.6. The third-order valence-electron chi connectivity index (χ3n) is 7.49. The number of piperidine rings is 1. The molecule has 2 aliphatic heterocycles. The van der Waals surface area contributed by atoms with Crippen molar-refractivity contribution < 1.29 is 24.0 Å². The molecule has 1 N–H and O–H groups in total. The number of amides is 5. The summed E-state index contributed by atoms with van der Waals surface area (Å²) >= 11 is 1.64. The first kappa shape index (κ1) is 28.1. The van der Waals surface area contributed by atoms with E-state index >= 15 is 0 Å². The molecule has 5 amide bonds. The van der Waals surface area contributed by atoms with E-state index in [4.69, 9.17) is 0 Å². The second-order valence-corrected chi connectivity index (χ2v) is 11.1. The molecule has 1 saturated heterocycles. The fourth-order valence-corrected chi connectivity index (χ4v) is 5.94. The number of nitrogens with one attached hydrogen (secondary N) is 1. The second-order valence-electron chi connectivity index (χ2n) is 10.1. The number of anilines is 1. The van der Waals surface area contributed by atoms with E-state index in [9.17, 15) is 24.0 Å². The first-order valence-electron chi connectivity index (χ1n) is 13.5. The van der Waals surface area contributed by atoms with Crippen LogP contribution in [-0.4, -0.2) is 66.0 Å². The number of fused-ring (bicyclic) bond motifs is 2. The molecule has 10 heteroatoms. The summed E-state index contributed by atoms with van der Waals surface area (Å²) in [6.45, 7) is 1.11. The maximum absolute atomic E-state index is 13.0. The zero-order valence-electron chi connectivity index (χ0n) is 22.7. The van der Waals surface area contributed by atoms with E-state index in [-0.39, 0.29) is 37.1 Å². The SMILES string of the molecule is CN(CCCC#Cc1cccc2c1CN(C1CCC(=O)NC1=O)C2=O)C(=O)CCN(C=O)c1ccc2sccc2c1. The minimum Gasteiger partial charge on any atom is -0.346 e. The Bertz CT molecular complexity index is 1590. The minimum absolute atomic E-state index is 0.0469. The van der Waals surface area contributed by atoms with E-state index in [1.54, 1.807) is 40.3 Å². The van der Waals surface area contributed by atoms with Crippen LogP contribution in [0.25, 0.3) is 10.1 Å². The molecule has 0 radical (unpaired) electrons. The Labute approximate surface area is 242 Å². The Hall–Kier alpha value is -4.49. The second kappa shape index (κ2) is 12.4. The van der Waals surface area contributed by atoms with Gasteiger partial charge < -0.3 is 14.7 Å². The van der Waals surface area contributed by atoms with Crippen molar-refractivity contribution in [2.24, 2.45) is 0 Å². The Balaban J connectivity index is 1.11. The van der Waals surface area contributed by atoms with E-state index in [2.05, 4.69) is 17.2 Å². The number of nitrogens with zero attached hydrogens (tertiary/aromatic N) is 3. The van der Waals surface area contributed by atoms with Gasteiger partial charge in [0.25, 0.3) is 5.91 Å². The van der Waals surface area contributed by atoms with Crippen LogP contribution in [-0.2, 0) is 25.7 Å². The fourth-order valence-electron chi connectivity index (χ4n) is 5.17. The standard InChI is InChI=1S/C31H30N4O5S/c1-33(29(38)13-16-34(20-36)23-9-11-27-22(18-23)14-17-41-27)15-4-2-3-6-21-7-5-8-24-25(21)19-35(31(24)40)26-10-12-28(37)32-30(26)39/h5,7-9,11,14,17-18,20,26H,2,4,10,12-13,15-16,19H2,1H3,(H,32,37,39). The highest BCUT2D eigenvalue weighted by atomic mass is 32.1. The number of benzene rings is 2. The van der Waals surface area contributed by atoms with Gasteiger partial charge in [0.15, 0.2) is 0 Å². The summed E-state index contributed by atoms with van der Waals surface area (Å²) in [4.78, 5) is 65.9. The number of hydrogen-bond donors (Lipinski definition) is 1. The number of thiophene rings is 1. The van der Waals surface area contributed by atoms with Crippen molar-refractivity contribution in [3.63, 3.8) is 0 Å². The molecule has 2 aromatic carbocycles. The van der Waals surface area contributed by atoms with Crippen molar-refractivity contribution in [3.05, 3.63) is 64.5 Å². The Morgan fingerprint density at radius 3 is 2.83 bits per heavy atom. The van der Waals surface area contributed by atoms with Gasteiger partial charge in [-0.25, -0.2) is 0 Å². The molecule has 1 fully saturated rings. The van der Waals surface area contributed by atoms with Gasteiger partial charge in [-0.05, 0) is 65.6 Å². The lowest BCUT2D eigenvalue weighted by Crippen LogP contribution is -2.52. The summed E-state index contributed by atoms with van der Waals surface area (Å²) < 4.78 is 1.15. The van der Waals surface area contributed by atoms with Crippen molar-refractivity contribution >= 4 is 57.1 Å². The van der Waals surface area contributed by atoms with Crippen LogP contribution >= 0.6 is 11.3 Å². The predicted octanol–water partition coefficient (Wildman–Crippen LogP) is 3.31. The molecular formula is C31H30N4O5S. The molecule has 5 rings (SSSR count). The lowest BCUT2D eigenvalue weighted by molar-refractivity contribution is -0.137. The van der Waals surface area contributed by atoms with Gasteiger partial charge in [-0.2, -0.15) is 0 Å². The highest BCUT2D eigenvalue weighted by Gasteiger charge is 2.39. The zero-order valence-corrected chi connectivity index (χ0v) is 23.5. The quantitative estimate of drug-likeness (QED) is 0.184. The van der Waals surface area contributed by atoms with Gasteiger partial charge in [0.2, 0.25) is 24.1 Å². The summed E-state index contributed by atoms with van der Waals surface area (Å²) in [5, 5.41) is 5.40. The third-order valence-corrected chi connectivity index (χ3v) is 8.39. The third kappa shape index (κ3) is 6.15. The minimum atomic E-state index is -0.662. The number of imide groups is 1. The highest BCUT2D eigenvalue weighted by Crippen LogP contribution is 2.29. The van der Waals surface area contributed by atoms with Crippen LogP contribution < -0.4 is 10.2 Å². The average molecular weight is 571 g/mol. The van der Waals surface area contributed by atoms with Crippen LogP contribution in [0.3, 0.4) is 0 Å². The molecule has 9 nitrogen and oxygen atoms in total. The van der Waals surface area contributed by atoms with Crippen LogP contribution in [0.4, 0.5) is 5.69 Å². The van der Waals surface area contributed by atoms with Gasteiger partial charge in [0, 0.05) is 67.5 Å². The van der Waals surface area contributed by atoms with Crippen molar-refractivity contribution in [1.29, 1.82) is 0 Å². The topological polar surface area (TPSA) is 107 Å². The molecular weight excluding hydrogens is 540 g/mol. The monoisotopic (exact) mass is 570 g/mol. The summed E-state index contributed by atoms with van der Waals surface area (Å²) in [5.41, 5.74) is 2.84. The molecule has 0 spiro atoms. The average Bonchev–Trinajstić information content (AvgIpc) is 3.57. The number of carbonyl (C=O) groups excluding carboxylic acids is 5. The van der Waals surface area contributed by atoms with Crippen molar-refractivity contribution in [1.82, 2.24) is 15.1 Å². The van der Waals surface area contributed by atoms with Crippen molar-refractivity contribution in [3.8, 4) is 11.8 Å². The van der Waals surface area contributed by atoms with Crippen molar-refractivity contribution in [2.75, 3.05) is 25.0 Å². The summed E-state index contributed by atoms with van der Waals surface area (Å²) in [6.07, 6.45) is 2.74. The number of rotatable bonds is 9. The molecule has 41 heavy (non-hydrogen) atoms. The normalized spacial score (nSPS) is 16.2. The number of carbonyl (C=O) groups is 5. The van der Waals surface area contributed by atoms with Crippen LogP contribution in [0.1, 0.15) is 53.6 Å². The van der Waals surface area contributed by atoms with Crippen LogP contribution in [0.2, 0.25) is 0 Å². The van der Waals surface area contributed by atoms with Gasteiger partial charge in [-0.15, -0.1) is 11.3 Å². The number of hydrogen-bond acceptors (Lipinski definition) is 6. The predicted molar refractivity (Wildman–Crippen MR) is 156 cm³/mol. The Morgan fingerprint density at radius 1 is 1.17 bits per heavy atom. The molecule has 3 heterocycles. The fraction of sp³-hybridized carbons (Fsp3) is 0.323. The maximum atomic E-state index is 13.0. The highest BCUT2D eigenvalue weighted by molar-refractivity contribution is 7.17. The van der Waals surface area contributed by atoms with Crippen LogP contribution in [0.15, 0.2) is 47.8 Å². The maximum Gasteiger partial charge on any atom is 0.255 e. The van der Waals surface area contributed by atoms with Gasteiger partial charge in [-0.3, -0.25) is 29.3 Å². The van der Waals surface area contributed by atoms with E-state index < -0.39 is 11.9 Å². The van der Waals surface area contributed by atoms with Gasteiger partial charge in [-0.1, -0.05) is 17.9 Å². The molecule has 2 aliphatic rings. The molecule has 0 aliphatic carbocycles. The van der Waals surface area contributed by atoms with Gasteiger partial charge in [0.1, 0.15) is 6.04 Å². The van der Waals surface area contributed by atoms with Crippen LogP contribution in [0.5, 0.6) is 0 Å². The smallest absolute Gasteiger partial charge is 0.255 e. The first-order chi connectivity index (χ1) is 19.9. The van der Waals surface area contributed by atoms with Crippen LogP contribution in [0, 0.1) is 11.8 Å². The zero-order chi connectivity index (χ0) is 28.9. The molecule has 0 bridgehead atoms. The van der Waals surface area contributed by atoms with E-state index in [0.29, 0.717) is 37.9 Å². The lowest BCUT2D eigenvalue weighted by atomic mass is 10.0. The van der Waals surface area contributed by atoms with E-state index in [1.165, 1.54) is 4.90 Å². The number of unbranched alkanes of at least 4 members (excludes halogenated alkanes) is 1. The molecule has 1 aromatic heterocycles. The van der Waals surface area contributed by atoms with Gasteiger partial charge >= 0.3 is 0 Å². The molecule has 210 valence electrons. The summed E-state index contributed by atoms with van der Waals surface area (Å²) in [7, 11) is 1.75.